The fraction of sp³-hybridized carbons (Fsp3) is 0.200. The van der Waals surface area contributed by atoms with Crippen molar-refractivity contribution in [1.29, 1.82) is 0 Å². The first kappa shape index (κ1) is 13.4. The van der Waals surface area contributed by atoms with E-state index in [9.17, 15) is 8.76 Å². The Morgan fingerprint density at radius 1 is 1.58 bits per heavy atom. The van der Waals surface area contributed by atoms with Gasteiger partial charge in [-0.3, -0.25) is 4.21 Å². The smallest absolute Gasteiger partial charge is 0.772 e. The summed E-state index contributed by atoms with van der Waals surface area (Å²) in [5.74, 6) is -0.0674. The summed E-state index contributed by atoms with van der Waals surface area (Å²) in [6, 6.07) is 1.56. The first-order chi connectivity index (χ1) is 5.09. The fourth-order valence-electron chi connectivity index (χ4n) is 0.600. The average Bonchev–Trinajstić information content (AvgIpc) is 2.09. The second-order valence-electron chi connectivity index (χ2n) is 1.80. The molecule has 0 amide bonds. The maximum atomic E-state index is 10.2. The Balaban J connectivity index is 0.00000121. The second kappa shape index (κ2) is 5.98. The summed E-state index contributed by atoms with van der Waals surface area (Å²) in [6.45, 7) is 0. The van der Waals surface area contributed by atoms with Crippen molar-refractivity contribution >= 4 is 45.6 Å². The van der Waals surface area contributed by atoms with Gasteiger partial charge in [-0.2, -0.15) is 0 Å². The van der Waals surface area contributed by atoms with Crippen molar-refractivity contribution in [3.05, 3.63) is 20.3 Å². The zero-order valence-corrected chi connectivity index (χ0v) is 11.3. The van der Waals surface area contributed by atoms with Gasteiger partial charge in [0, 0.05) is 5.75 Å². The Labute approximate surface area is 109 Å². The third kappa shape index (κ3) is 4.07. The molecule has 62 valence electrons. The summed E-state index contributed by atoms with van der Waals surface area (Å²) in [5.41, 5.74) is 0.565. The van der Waals surface area contributed by atoms with E-state index >= 15 is 0 Å². The average molecular weight is 253 g/mol. The molecule has 1 unspecified atom stereocenters. The molecule has 1 aromatic rings. The van der Waals surface area contributed by atoms with Gasteiger partial charge in [-0.15, -0.1) is 11.3 Å². The van der Waals surface area contributed by atoms with Crippen LogP contribution in [0.2, 0.25) is 8.67 Å². The van der Waals surface area contributed by atoms with Gasteiger partial charge in [0.05, 0.1) is 8.67 Å². The van der Waals surface area contributed by atoms with E-state index < -0.39 is 11.1 Å². The molecule has 1 atom stereocenters. The van der Waals surface area contributed by atoms with Crippen LogP contribution in [0.3, 0.4) is 0 Å². The first-order valence-electron chi connectivity index (χ1n) is 2.59. The van der Waals surface area contributed by atoms with Crippen LogP contribution < -0.4 is 29.6 Å². The van der Waals surface area contributed by atoms with Crippen LogP contribution in [-0.2, 0) is 16.8 Å². The molecular weight excluding hydrogens is 250 g/mol. The number of halogens is 2. The van der Waals surface area contributed by atoms with Crippen LogP contribution in [-0.4, -0.2) is 8.76 Å². The minimum absolute atomic E-state index is 0. The number of thiophene rings is 1. The fourth-order valence-corrected chi connectivity index (χ4v) is 2.74. The molecule has 0 saturated heterocycles. The number of rotatable bonds is 2. The van der Waals surface area contributed by atoms with Crippen LogP contribution in [0.15, 0.2) is 6.07 Å². The molecule has 12 heavy (non-hydrogen) atoms. The Morgan fingerprint density at radius 3 is 2.50 bits per heavy atom. The molecular formula is C5H3Cl2NaO2S2. The minimum Gasteiger partial charge on any atom is -0.772 e. The van der Waals surface area contributed by atoms with Gasteiger partial charge in [0.15, 0.2) is 0 Å². The largest absolute Gasteiger partial charge is 1.00 e. The normalized spacial score (nSPS) is 12.2. The van der Waals surface area contributed by atoms with Crippen LogP contribution in [0.25, 0.3) is 0 Å². The van der Waals surface area contributed by atoms with Crippen molar-refractivity contribution in [2.45, 2.75) is 5.75 Å². The third-order valence-corrected chi connectivity index (χ3v) is 3.12. The molecule has 0 aliphatic heterocycles. The van der Waals surface area contributed by atoms with E-state index in [1.54, 1.807) is 6.07 Å². The van der Waals surface area contributed by atoms with Crippen molar-refractivity contribution < 1.29 is 38.3 Å². The molecule has 0 saturated carbocycles. The molecule has 0 spiro atoms. The second-order valence-corrected chi connectivity index (χ2v) is 4.98. The zero-order valence-electron chi connectivity index (χ0n) is 6.17. The van der Waals surface area contributed by atoms with Gasteiger partial charge in [0.1, 0.15) is 0 Å². The van der Waals surface area contributed by atoms with E-state index in [4.69, 9.17) is 23.2 Å². The first-order valence-corrected chi connectivity index (χ1v) is 5.41. The summed E-state index contributed by atoms with van der Waals surface area (Å²) in [5, 5.41) is 0. The van der Waals surface area contributed by atoms with Crippen molar-refractivity contribution in [2.24, 2.45) is 0 Å². The van der Waals surface area contributed by atoms with Crippen molar-refractivity contribution in [1.82, 2.24) is 0 Å². The molecule has 0 aliphatic carbocycles. The maximum Gasteiger partial charge on any atom is 1.00 e. The molecule has 7 heteroatoms. The van der Waals surface area contributed by atoms with Crippen molar-refractivity contribution in [3.63, 3.8) is 0 Å². The van der Waals surface area contributed by atoms with Crippen LogP contribution in [0.5, 0.6) is 0 Å². The standard InChI is InChI=1S/C5H4Cl2O2S2.Na/c6-4-1-3(2-11(8)9)5(7)10-4;/h1H,2H2,(H,8,9);/q;+1/p-1. The summed E-state index contributed by atoms with van der Waals surface area (Å²) >= 11 is 10.3. The monoisotopic (exact) mass is 252 g/mol. The van der Waals surface area contributed by atoms with Gasteiger partial charge in [-0.05, 0) is 11.6 Å². The van der Waals surface area contributed by atoms with Crippen LogP contribution in [0, 0.1) is 0 Å². The van der Waals surface area contributed by atoms with E-state index in [1.165, 1.54) is 11.3 Å². The quantitative estimate of drug-likeness (QED) is 0.523. The molecule has 0 aromatic carbocycles. The van der Waals surface area contributed by atoms with Gasteiger partial charge < -0.3 is 4.55 Å². The summed E-state index contributed by atoms with van der Waals surface area (Å²) in [4.78, 5) is 0. The predicted molar refractivity (Wildman–Crippen MR) is 47.0 cm³/mol. The summed E-state index contributed by atoms with van der Waals surface area (Å²) in [6.07, 6.45) is 0. The molecule has 0 N–H and O–H groups in total. The van der Waals surface area contributed by atoms with Gasteiger partial charge in [-0.25, -0.2) is 0 Å². The topological polar surface area (TPSA) is 40.1 Å². The Morgan fingerprint density at radius 2 is 2.17 bits per heavy atom. The van der Waals surface area contributed by atoms with Crippen LogP contribution in [0.4, 0.5) is 0 Å². The molecule has 0 bridgehead atoms. The SMILES string of the molecule is O=S([O-])Cc1cc(Cl)sc1Cl.[Na+]. The van der Waals surface area contributed by atoms with E-state index in [-0.39, 0.29) is 35.3 Å². The Bertz CT molecular complexity index is 289. The van der Waals surface area contributed by atoms with Gasteiger partial charge in [0.25, 0.3) is 0 Å². The van der Waals surface area contributed by atoms with Crippen LogP contribution in [0.1, 0.15) is 5.56 Å². The molecule has 0 radical (unpaired) electrons. The maximum absolute atomic E-state index is 10.2. The molecule has 2 nitrogen and oxygen atoms in total. The minimum atomic E-state index is -2.10. The molecule has 1 rings (SSSR count). The predicted octanol–water partition coefficient (Wildman–Crippen LogP) is -0.562. The molecule has 1 heterocycles. The summed E-state index contributed by atoms with van der Waals surface area (Å²) in [7, 11) is 0. The van der Waals surface area contributed by atoms with Gasteiger partial charge in [-0.1, -0.05) is 34.3 Å². The van der Waals surface area contributed by atoms with Gasteiger partial charge >= 0.3 is 29.6 Å². The third-order valence-electron chi connectivity index (χ3n) is 1.00. The molecule has 1 aromatic heterocycles. The Kier molecular flexibility index (Phi) is 6.68. The zero-order chi connectivity index (χ0) is 8.43. The van der Waals surface area contributed by atoms with E-state index in [2.05, 4.69) is 0 Å². The summed E-state index contributed by atoms with van der Waals surface area (Å²) < 4.78 is 21.4. The van der Waals surface area contributed by atoms with Crippen molar-refractivity contribution in [3.8, 4) is 0 Å². The Hall–Kier alpha value is 1.39. The number of hydrogen-bond donors (Lipinski definition) is 0. The van der Waals surface area contributed by atoms with Crippen LogP contribution >= 0.6 is 34.5 Å². The number of hydrogen-bond acceptors (Lipinski definition) is 3. The van der Waals surface area contributed by atoms with E-state index in [1.807, 2.05) is 0 Å². The molecule has 0 aliphatic rings. The van der Waals surface area contributed by atoms with E-state index in [0.717, 1.165) is 0 Å². The molecule has 0 fully saturated rings. The van der Waals surface area contributed by atoms with E-state index in [0.29, 0.717) is 14.2 Å². The van der Waals surface area contributed by atoms with Gasteiger partial charge in [0.2, 0.25) is 0 Å². The van der Waals surface area contributed by atoms with Crippen molar-refractivity contribution in [2.75, 3.05) is 0 Å².